The summed E-state index contributed by atoms with van der Waals surface area (Å²) >= 11 is 3.57. The molecule has 0 amide bonds. The predicted molar refractivity (Wildman–Crippen MR) is 89.0 cm³/mol. The Balaban J connectivity index is 2.31. The van der Waals surface area contributed by atoms with E-state index >= 15 is 0 Å². The van der Waals surface area contributed by atoms with Crippen molar-refractivity contribution >= 4 is 21.8 Å². The number of nitrogen functional groups attached to an aromatic ring is 1. The molecule has 1 heterocycles. The van der Waals surface area contributed by atoms with E-state index in [-0.39, 0.29) is 0 Å². The van der Waals surface area contributed by atoms with Crippen LogP contribution in [0, 0.1) is 13.8 Å². The van der Waals surface area contributed by atoms with E-state index in [2.05, 4.69) is 47.1 Å². The second-order valence-electron chi connectivity index (χ2n) is 5.02. The molecule has 3 rings (SSSR count). The molecule has 4 heteroatoms. The van der Waals surface area contributed by atoms with Crippen molar-refractivity contribution in [1.29, 1.82) is 0 Å². The highest BCUT2D eigenvalue weighted by atomic mass is 79.9. The predicted octanol–water partition coefficient (Wildman–Crippen LogP) is 4.97. The quantitative estimate of drug-likeness (QED) is 0.715. The molecule has 0 atom stereocenters. The number of nitrogens with two attached hydrogens (primary N) is 1. The Morgan fingerprint density at radius 1 is 0.952 bits per heavy atom. The first-order valence-corrected chi connectivity index (χ1v) is 7.45. The summed E-state index contributed by atoms with van der Waals surface area (Å²) in [6, 6.07) is 14.1. The van der Waals surface area contributed by atoms with E-state index in [1.54, 1.807) is 0 Å². The number of hydrogen-bond donors (Lipinski definition) is 1. The third-order valence-corrected chi connectivity index (χ3v) is 4.27. The lowest BCUT2D eigenvalue weighted by Crippen LogP contribution is -1.92. The Morgan fingerprint density at radius 2 is 1.62 bits per heavy atom. The van der Waals surface area contributed by atoms with Gasteiger partial charge in [-0.1, -0.05) is 57.5 Å². The minimum atomic E-state index is 0.333. The first kappa shape index (κ1) is 13.9. The number of benzene rings is 2. The third-order valence-electron chi connectivity index (χ3n) is 3.58. The first-order valence-electron chi connectivity index (χ1n) is 6.66. The zero-order valence-corrected chi connectivity index (χ0v) is 13.4. The van der Waals surface area contributed by atoms with Gasteiger partial charge in [0.25, 0.3) is 0 Å². The van der Waals surface area contributed by atoms with Gasteiger partial charge >= 0.3 is 0 Å². The van der Waals surface area contributed by atoms with Crippen molar-refractivity contribution in [3.63, 3.8) is 0 Å². The number of rotatable bonds is 2. The normalized spacial score (nSPS) is 10.8. The lowest BCUT2D eigenvalue weighted by atomic mass is 9.94. The number of nitrogens with zero attached hydrogens (tertiary/aromatic N) is 1. The molecule has 21 heavy (non-hydrogen) atoms. The molecule has 3 nitrogen and oxygen atoms in total. The summed E-state index contributed by atoms with van der Waals surface area (Å²) in [5.74, 6) is 0.333. The van der Waals surface area contributed by atoms with E-state index in [4.69, 9.17) is 10.3 Å². The summed E-state index contributed by atoms with van der Waals surface area (Å²) in [6.07, 6.45) is 0. The summed E-state index contributed by atoms with van der Waals surface area (Å²) in [6.45, 7) is 4.13. The van der Waals surface area contributed by atoms with E-state index in [1.165, 1.54) is 0 Å². The fourth-order valence-corrected chi connectivity index (χ4v) is 3.07. The molecule has 0 fully saturated rings. The molecule has 0 aliphatic carbocycles. The minimum Gasteiger partial charge on any atom is -0.367 e. The van der Waals surface area contributed by atoms with Gasteiger partial charge in [-0.05, 0) is 31.0 Å². The van der Waals surface area contributed by atoms with Gasteiger partial charge in [0.1, 0.15) is 5.69 Å². The van der Waals surface area contributed by atoms with Crippen LogP contribution in [0.5, 0.6) is 0 Å². The monoisotopic (exact) mass is 342 g/mol. The fourth-order valence-electron chi connectivity index (χ4n) is 2.59. The molecular formula is C17H15BrN2O. The Hall–Kier alpha value is -2.07. The number of aryl methyl sites for hydroxylation is 2. The van der Waals surface area contributed by atoms with E-state index in [0.717, 1.165) is 38.0 Å². The second-order valence-corrected chi connectivity index (χ2v) is 5.87. The Kier molecular flexibility index (Phi) is 3.55. The average Bonchev–Trinajstić information content (AvgIpc) is 2.81. The van der Waals surface area contributed by atoms with Gasteiger partial charge < -0.3 is 10.3 Å². The van der Waals surface area contributed by atoms with Crippen molar-refractivity contribution in [1.82, 2.24) is 5.16 Å². The van der Waals surface area contributed by atoms with Crippen LogP contribution >= 0.6 is 15.9 Å². The van der Waals surface area contributed by atoms with E-state index in [9.17, 15) is 0 Å². The number of halogens is 1. The zero-order valence-electron chi connectivity index (χ0n) is 11.9. The largest absolute Gasteiger partial charge is 0.367 e. The highest BCUT2D eigenvalue weighted by Crippen LogP contribution is 2.41. The van der Waals surface area contributed by atoms with Gasteiger partial charge in [-0.15, -0.1) is 0 Å². The Labute approximate surface area is 131 Å². The number of anilines is 1. The lowest BCUT2D eigenvalue weighted by molar-refractivity contribution is 0.439. The lowest BCUT2D eigenvalue weighted by Gasteiger charge is -2.10. The van der Waals surface area contributed by atoms with Gasteiger partial charge in [0.15, 0.2) is 0 Å². The van der Waals surface area contributed by atoms with Gasteiger partial charge in [-0.3, -0.25) is 0 Å². The van der Waals surface area contributed by atoms with Crippen molar-refractivity contribution in [2.75, 3.05) is 5.73 Å². The SMILES string of the molecule is Cc1cccc(C)c1-c1noc(N)c1-c1ccccc1Br. The standard InChI is InChI=1S/C17H15BrN2O/c1-10-6-5-7-11(2)14(10)16-15(17(19)21-20-16)12-8-3-4-9-13(12)18/h3-9H,19H2,1-2H3. The van der Waals surface area contributed by atoms with Gasteiger partial charge in [-0.25, -0.2) is 0 Å². The topological polar surface area (TPSA) is 52.0 Å². The number of hydrogen-bond acceptors (Lipinski definition) is 3. The van der Waals surface area contributed by atoms with Crippen molar-refractivity contribution in [2.24, 2.45) is 0 Å². The molecule has 2 N–H and O–H groups in total. The van der Waals surface area contributed by atoms with Crippen LogP contribution in [0.4, 0.5) is 5.88 Å². The van der Waals surface area contributed by atoms with Crippen LogP contribution in [0.15, 0.2) is 51.5 Å². The molecule has 0 aliphatic rings. The van der Waals surface area contributed by atoms with Crippen molar-refractivity contribution < 1.29 is 4.52 Å². The minimum absolute atomic E-state index is 0.333. The summed E-state index contributed by atoms with van der Waals surface area (Å²) < 4.78 is 6.24. The van der Waals surface area contributed by atoms with Crippen LogP contribution in [0.1, 0.15) is 11.1 Å². The van der Waals surface area contributed by atoms with Crippen molar-refractivity contribution in [3.8, 4) is 22.4 Å². The second kappa shape index (κ2) is 5.37. The van der Waals surface area contributed by atoms with Crippen LogP contribution in [0.3, 0.4) is 0 Å². The molecule has 0 saturated carbocycles. The van der Waals surface area contributed by atoms with Gasteiger partial charge in [-0.2, -0.15) is 0 Å². The average molecular weight is 343 g/mol. The summed E-state index contributed by atoms with van der Waals surface area (Å²) in [7, 11) is 0. The molecule has 0 aliphatic heterocycles. The van der Waals surface area contributed by atoms with Gasteiger partial charge in [0, 0.05) is 15.6 Å². The van der Waals surface area contributed by atoms with E-state index in [0.29, 0.717) is 5.88 Å². The van der Waals surface area contributed by atoms with E-state index < -0.39 is 0 Å². The van der Waals surface area contributed by atoms with Crippen LogP contribution < -0.4 is 5.73 Å². The van der Waals surface area contributed by atoms with Crippen LogP contribution in [0.2, 0.25) is 0 Å². The fraction of sp³-hybridized carbons (Fsp3) is 0.118. The molecule has 0 spiro atoms. The van der Waals surface area contributed by atoms with Crippen molar-refractivity contribution in [3.05, 3.63) is 58.1 Å². The van der Waals surface area contributed by atoms with E-state index in [1.807, 2.05) is 30.3 Å². The molecule has 3 aromatic rings. The summed E-state index contributed by atoms with van der Waals surface area (Å²) in [4.78, 5) is 0. The maximum atomic E-state index is 6.03. The molecule has 0 bridgehead atoms. The maximum Gasteiger partial charge on any atom is 0.230 e. The Morgan fingerprint density at radius 3 is 2.29 bits per heavy atom. The van der Waals surface area contributed by atoms with Crippen LogP contribution in [-0.2, 0) is 0 Å². The maximum absolute atomic E-state index is 6.03. The first-order chi connectivity index (χ1) is 10.1. The summed E-state index contributed by atoms with van der Waals surface area (Å²) in [5.41, 5.74) is 12.0. The van der Waals surface area contributed by atoms with Gasteiger partial charge in [0.2, 0.25) is 5.88 Å². The van der Waals surface area contributed by atoms with Crippen molar-refractivity contribution in [2.45, 2.75) is 13.8 Å². The van der Waals surface area contributed by atoms with Crippen LogP contribution in [-0.4, -0.2) is 5.16 Å². The van der Waals surface area contributed by atoms with Crippen LogP contribution in [0.25, 0.3) is 22.4 Å². The highest BCUT2D eigenvalue weighted by molar-refractivity contribution is 9.10. The third kappa shape index (κ3) is 2.36. The molecule has 0 radical (unpaired) electrons. The molecule has 0 unspecified atom stereocenters. The molecule has 0 saturated heterocycles. The molecule has 2 aromatic carbocycles. The Bertz CT molecular complexity index is 788. The molecular weight excluding hydrogens is 328 g/mol. The molecule has 1 aromatic heterocycles. The highest BCUT2D eigenvalue weighted by Gasteiger charge is 2.21. The smallest absolute Gasteiger partial charge is 0.230 e. The zero-order chi connectivity index (χ0) is 15.0. The van der Waals surface area contributed by atoms with Gasteiger partial charge in [0.05, 0.1) is 5.56 Å². The molecule has 106 valence electrons. The number of aromatic nitrogens is 1. The summed E-state index contributed by atoms with van der Waals surface area (Å²) in [5, 5.41) is 4.20.